The van der Waals surface area contributed by atoms with E-state index in [4.69, 9.17) is 16.3 Å². The van der Waals surface area contributed by atoms with Crippen LogP contribution in [0.1, 0.15) is 27.9 Å². The van der Waals surface area contributed by atoms with Gasteiger partial charge in [-0.1, -0.05) is 45.7 Å². The number of hydrogen-bond donors (Lipinski definition) is 2. The van der Waals surface area contributed by atoms with E-state index in [0.717, 1.165) is 66.2 Å². The predicted octanol–water partition coefficient (Wildman–Crippen LogP) is 7.37. The van der Waals surface area contributed by atoms with Crippen molar-refractivity contribution in [1.82, 2.24) is 19.8 Å². The largest absolute Gasteiger partial charge is 0.436 e. The van der Waals surface area contributed by atoms with Gasteiger partial charge in [-0.2, -0.15) is 4.98 Å². The molecule has 1 aromatic heterocycles. The molecule has 3 aromatic carbocycles. The van der Waals surface area contributed by atoms with Crippen molar-refractivity contribution in [3.63, 3.8) is 0 Å². The highest BCUT2D eigenvalue weighted by molar-refractivity contribution is 9.10. The number of para-hydroxylation sites is 1. The number of anilines is 4. The Balaban J connectivity index is 1.30. The van der Waals surface area contributed by atoms with E-state index in [0.29, 0.717) is 16.7 Å². The first-order valence-corrected chi connectivity index (χ1v) is 16.2. The van der Waals surface area contributed by atoms with Gasteiger partial charge in [-0.3, -0.25) is 9.69 Å². The van der Waals surface area contributed by atoms with Crippen LogP contribution in [0.2, 0.25) is 5.02 Å². The number of ether oxygens (including phenoxy) is 1. The highest BCUT2D eigenvalue weighted by Crippen LogP contribution is 2.33. The molecule has 45 heavy (non-hydrogen) atoms. The summed E-state index contributed by atoms with van der Waals surface area (Å²) in [6.45, 7) is 10.3. The van der Waals surface area contributed by atoms with Gasteiger partial charge in [0.2, 0.25) is 11.8 Å². The molecule has 0 radical (unpaired) electrons. The van der Waals surface area contributed by atoms with Crippen molar-refractivity contribution < 1.29 is 9.53 Å². The van der Waals surface area contributed by atoms with Crippen LogP contribution in [0.4, 0.5) is 23.0 Å². The van der Waals surface area contributed by atoms with Crippen LogP contribution in [0, 0.1) is 13.8 Å². The number of carbonyl (C=O) groups excluding carboxylic acids is 1. The monoisotopic (exact) mass is 691 g/mol. The maximum atomic E-state index is 13.5. The van der Waals surface area contributed by atoms with Crippen molar-refractivity contribution >= 4 is 56.4 Å². The summed E-state index contributed by atoms with van der Waals surface area (Å²) in [6, 6.07) is 19.3. The van der Waals surface area contributed by atoms with Crippen LogP contribution in [-0.2, 0) is 0 Å². The molecule has 0 bridgehead atoms. The summed E-state index contributed by atoms with van der Waals surface area (Å²) in [5.74, 6) is 0.360. The zero-order valence-corrected chi connectivity index (χ0v) is 28.5. The number of piperazine rings is 1. The molecule has 0 unspecified atom stereocenters. The molecule has 1 fully saturated rings. The van der Waals surface area contributed by atoms with Gasteiger partial charge in [0.1, 0.15) is 11.3 Å². The Kier molecular flexibility index (Phi) is 10.9. The molecule has 9 nitrogen and oxygen atoms in total. The summed E-state index contributed by atoms with van der Waals surface area (Å²) in [5.41, 5.74) is 4.82. The highest BCUT2D eigenvalue weighted by Gasteiger charge is 2.21. The van der Waals surface area contributed by atoms with Crippen molar-refractivity contribution in [3.8, 4) is 11.6 Å². The molecule has 0 atom stereocenters. The zero-order chi connectivity index (χ0) is 31.9. The summed E-state index contributed by atoms with van der Waals surface area (Å²) in [6.07, 6.45) is 2.66. The van der Waals surface area contributed by atoms with Gasteiger partial charge in [-0.05, 0) is 101 Å². The third-order valence-electron chi connectivity index (χ3n) is 7.76. The van der Waals surface area contributed by atoms with Crippen LogP contribution in [0.15, 0.2) is 71.3 Å². The minimum atomic E-state index is -0.385. The molecule has 1 aliphatic rings. The standard InChI is InChI=1S/C34H39BrClN7O2/c1-23-7-5-8-24(2)31(23)39-32(44)28-22-37-34(40-33(28)45-30-14-9-25(35)21-29(30)36)38-26-10-12-27(13-11-26)43-19-17-42(18-20-43)16-6-15-41(3)4/h5,7-14,21-22H,6,15-20H2,1-4H3,(H,39,44)(H,37,38,40). The van der Waals surface area contributed by atoms with Crippen LogP contribution >= 0.6 is 27.5 Å². The quantitative estimate of drug-likeness (QED) is 0.169. The van der Waals surface area contributed by atoms with Crippen molar-refractivity contribution in [1.29, 1.82) is 0 Å². The van der Waals surface area contributed by atoms with Gasteiger partial charge in [0.25, 0.3) is 5.91 Å². The highest BCUT2D eigenvalue weighted by atomic mass is 79.9. The predicted molar refractivity (Wildman–Crippen MR) is 187 cm³/mol. The summed E-state index contributed by atoms with van der Waals surface area (Å²) < 4.78 is 6.93. The maximum absolute atomic E-state index is 13.5. The van der Waals surface area contributed by atoms with Gasteiger partial charge in [0.15, 0.2) is 0 Å². The lowest BCUT2D eigenvalue weighted by atomic mass is 10.1. The molecule has 2 heterocycles. The molecule has 4 aromatic rings. The molecule has 1 aliphatic heterocycles. The number of halogens is 2. The lowest BCUT2D eigenvalue weighted by Gasteiger charge is -2.36. The van der Waals surface area contributed by atoms with Crippen LogP contribution in [0.3, 0.4) is 0 Å². The fourth-order valence-electron chi connectivity index (χ4n) is 5.24. The topological polar surface area (TPSA) is 85.9 Å². The molecule has 236 valence electrons. The van der Waals surface area contributed by atoms with Crippen LogP contribution in [0.25, 0.3) is 0 Å². The van der Waals surface area contributed by atoms with E-state index in [1.54, 1.807) is 12.1 Å². The van der Waals surface area contributed by atoms with E-state index < -0.39 is 0 Å². The van der Waals surface area contributed by atoms with Gasteiger partial charge in [0, 0.05) is 53.9 Å². The second kappa shape index (κ2) is 15.1. The van der Waals surface area contributed by atoms with Gasteiger partial charge in [-0.25, -0.2) is 4.98 Å². The second-order valence-corrected chi connectivity index (χ2v) is 12.8. The van der Waals surface area contributed by atoms with Gasteiger partial charge in [-0.15, -0.1) is 0 Å². The van der Waals surface area contributed by atoms with Crippen LogP contribution in [-0.4, -0.2) is 79.0 Å². The van der Waals surface area contributed by atoms with Crippen LogP contribution in [0.5, 0.6) is 11.6 Å². The molecule has 2 N–H and O–H groups in total. The first-order chi connectivity index (χ1) is 21.7. The Labute approximate surface area is 278 Å². The van der Waals surface area contributed by atoms with Crippen LogP contribution < -0.4 is 20.3 Å². The number of aromatic nitrogens is 2. The molecule has 1 amide bonds. The van der Waals surface area contributed by atoms with E-state index >= 15 is 0 Å². The van der Waals surface area contributed by atoms with Gasteiger partial charge < -0.3 is 25.2 Å². The Morgan fingerprint density at radius 1 is 1.02 bits per heavy atom. The van der Waals surface area contributed by atoms with E-state index in [1.165, 1.54) is 18.3 Å². The van der Waals surface area contributed by atoms with Crippen molar-refractivity contribution in [3.05, 3.63) is 93.0 Å². The molecular formula is C34H39BrClN7O2. The molecule has 1 saturated heterocycles. The normalized spacial score (nSPS) is 13.6. The SMILES string of the molecule is Cc1cccc(C)c1NC(=O)c1cnc(Nc2ccc(N3CCN(CCCN(C)C)CC3)cc2)nc1Oc1ccc(Br)cc1Cl. The zero-order valence-electron chi connectivity index (χ0n) is 26.1. The third-order valence-corrected chi connectivity index (χ3v) is 8.55. The molecule has 0 saturated carbocycles. The number of benzene rings is 3. The first-order valence-electron chi connectivity index (χ1n) is 15.0. The average Bonchev–Trinajstić information content (AvgIpc) is 3.01. The third kappa shape index (κ3) is 8.73. The summed E-state index contributed by atoms with van der Waals surface area (Å²) in [4.78, 5) is 29.7. The second-order valence-electron chi connectivity index (χ2n) is 11.5. The minimum absolute atomic E-state index is 0.0838. The summed E-state index contributed by atoms with van der Waals surface area (Å²) in [7, 11) is 4.24. The fraction of sp³-hybridized carbons (Fsp3) is 0.324. The van der Waals surface area contributed by atoms with E-state index in [2.05, 4.69) is 77.5 Å². The van der Waals surface area contributed by atoms with E-state index in [-0.39, 0.29) is 17.4 Å². The van der Waals surface area contributed by atoms with E-state index in [1.807, 2.05) is 50.2 Å². The molecule has 5 rings (SSSR count). The average molecular weight is 693 g/mol. The number of nitrogens with one attached hydrogen (secondary N) is 2. The van der Waals surface area contributed by atoms with Crippen molar-refractivity contribution in [2.75, 3.05) is 68.9 Å². The van der Waals surface area contributed by atoms with Gasteiger partial charge in [0.05, 0.1) is 5.02 Å². The number of nitrogens with zero attached hydrogens (tertiary/aromatic N) is 5. The molecule has 11 heteroatoms. The lowest BCUT2D eigenvalue weighted by Crippen LogP contribution is -2.46. The number of hydrogen-bond acceptors (Lipinski definition) is 8. The first kappa shape index (κ1) is 32.7. The number of aryl methyl sites for hydroxylation is 2. The summed E-state index contributed by atoms with van der Waals surface area (Å²) in [5, 5.41) is 6.63. The Bertz CT molecular complexity index is 1610. The number of amides is 1. The molecular weight excluding hydrogens is 654 g/mol. The Morgan fingerprint density at radius 3 is 2.40 bits per heavy atom. The van der Waals surface area contributed by atoms with Crippen molar-refractivity contribution in [2.24, 2.45) is 0 Å². The maximum Gasteiger partial charge on any atom is 0.262 e. The Hall–Kier alpha value is -3.70. The molecule has 0 aliphatic carbocycles. The number of rotatable bonds is 11. The minimum Gasteiger partial charge on any atom is -0.436 e. The van der Waals surface area contributed by atoms with E-state index in [9.17, 15) is 4.79 Å². The van der Waals surface area contributed by atoms with Crippen molar-refractivity contribution in [2.45, 2.75) is 20.3 Å². The fourth-order valence-corrected chi connectivity index (χ4v) is 5.95. The molecule has 0 spiro atoms. The summed E-state index contributed by atoms with van der Waals surface area (Å²) >= 11 is 9.87. The lowest BCUT2D eigenvalue weighted by molar-refractivity contribution is 0.102. The number of carbonyl (C=O) groups is 1. The van der Waals surface area contributed by atoms with Gasteiger partial charge >= 0.3 is 0 Å². The Morgan fingerprint density at radius 2 is 1.73 bits per heavy atom. The smallest absolute Gasteiger partial charge is 0.262 e.